The van der Waals surface area contributed by atoms with Crippen LogP contribution in [0.15, 0.2) is 10.6 Å². The van der Waals surface area contributed by atoms with Crippen molar-refractivity contribution in [3.63, 3.8) is 0 Å². The molecule has 1 aromatic heterocycles. The minimum atomic E-state index is -0.179. The molecule has 1 saturated carbocycles. The van der Waals surface area contributed by atoms with Crippen molar-refractivity contribution in [2.24, 2.45) is 11.7 Å². The Morgan fingerprint density at radius 1 is 1.40 bits per heavy atom. The molecule has 1 aliphatic carbocycles. The summed E-state index contributed by atoms with van der Waals surface area (Å²) in [6.07, 6.45) is 5.15. The molecule has 1 saturated heterocycles. The van der Waals surface area contributed by atoms with Crippen LogP contribution in [0, 0.1) is 5.92 Å². The maximum atomic E-state index is 12.5. The number of carbonyl (C=O) groups excluding carboxylic acids is 2. The van der Waals surface area contributed by atoms with Crippen LogP contribution in [-0.4, -0.2) is 47.5 Å². The second-order valence-corrected chi connectivity index (χ2v) is 7.16. The third-order valence-electron chi connectivity index (χ3n) is 5.26. The van der Waals surface area contributed by atoms with E-state index in [0.29, 0.717) is 37.7 Å². The fourth-order valence-corrected chi connectivity index (χ4v) is 3.47. The molecule has 138 valence electrons. The zero-order valence-electron chi connectivity index (χ0n) is 14.9. The first-order chi connectivity index (χ1) is 12.1. The summed E-state index contributed by atoms with van der Waals surface area (Å²) in [5, 5.41) is 7.00. The van der Waals surface area contributed by atoms with Crippen LogP contribution < -0.4 is 11.1 Å². The molecule has 2 amide bonds. The zero-order chi connectivity index (χ0) is 17.8. The number of likely N-dealkylation sites (tertiary alicyclic amines) is 1. The number of piperidine rings is 1. The van der Waals surface area contributed by atoms with E-state index in [2.05, 4.69) is 17.4 Å². The predicted octanol–water partition coefficient (Wildman–Crippen LogP) is 1.65. The van der Waals surface area contributed by atoms with Crippen molar-refractivity contribution in [3.05, 3.63) is 17.5 Å². The third-order valence-corrected chi connectivity index (χ3v) is 5.26. The summed E-state index contributed by atoms with van der Waals surface area (Å²) < 4.78 is 5.26. The van der Waals surface area contributed by atoms with Crippen LogP contribution in [0.3, 0.4) is 0 Å². The number of nitrogens with zero attached hydrogens (tertiary/aromatic N) is 2. The van der Waals surface area contributed by atoms with Gasteiger partial charge in [0.15, 0.2) is 5.69 Å². The van der Waals surface area contributed by atoms with Crippen molar-refractivity contribution in [1.29, 1.82) is 0 Å². The van der Waals surface area contributed by atoms with Gasteiger partial charge in [0.1, 0.15) is 5.76 Å². The first kappa shape index (κ1) is 17.9. The summed E-state index contributed by atoms with van der Waals surface area (Å²) in [6.45, 7) is 4.00. The van der Waals surface area contributed by atoms with Gasteiger partial charge in [0.05, 0.1) is 0 Å². The normalized spacial score (nSPS) is 23.5. The lowest BCUT2D eigenvalue weighted by Crippen LogP contribution is -2.52. The summed E-state index contributed by atoms with van der Waals surface area (Å²) in [7, 11) is 0. The summed E-state index contributed by atoms with van der Waals surface area (Å²) in [5.41, 5.74) is 5.84. The highest BCUT2D eigenvalue weighted by Crippen LogP contribution is 2.40. The maximum absolute atomic E-state index is 12.5. The highest BCUT2D eigenvalue weighted by molar-refractivity contribution is 5.92. The molecule has 7 nitrogen and oxygen atoms in total. The lowest BCUT2D eigenvalue weighted by Gasteiger charge is -2.38. The number of hydrogen-bond acceptors (Lipinski definition) is 5. The van der Waals surface area contributed by atoms with E-state index in [1.165, 1.54) is 0 Å². The van der Waals surface area contributed by atoms with Gasteiger partial charge >= 0.3 is 0 Å². The zero-order valence-corrected chi connectivity index (χ0v) is 14.9. The average Bonchev–Trinajstić information content (AvgIpc) is 3.36. The third kappa shape index (κ3) is 4.39. The molecule has 2 fully saturated rings. The Morgan fingerprint density at radius 3 is 2.88 bits per heavy atom. The molecular weight excluding hydrogens is 320 g/mol. The van der Waals surface area contributed by atoms with Crippen molar-refractivity contribution in [2.75, 3.05) is 19.6 Å². The topological polar surface area (TPSA) is 101 Å². The summed E-state index contributed by atoms with van der Waals surface area (Å²) in [6, 6.07) is 1.83. The fourth-order valence-electron chi connectivity index (χ4n) is 3.47. The molecule has 3 N–H and O–H groups in total. The predicted molar refractivity (Wildman–Crippen MR) is 93.0 cm³/mol. The number of hydrogen-bond donors (Lipinski definition) is 2. The van der Waals surface area contributed by atoms with Crippen LogP contribution in [0.1, 0.15) is 67.6 Å². The van der Waals surface area contributed by atoms with Crippen molar-refractivity contribution < 1.29 is 14.1 Å². The summed E-state index contributed by atoms with van der Waals surface area (Å²) in [5.74, 6) is 1.51. The van der Waals surface area contributed by atoms with Crippen molar-refractivity contribution in [3.8, 4) is 0 Å². The van der Waals surface area contributed by atoms with Crippen molar-refractivity contribution >= 4 is 11.8 Å². The van der Waals surface area contributed by atoms with Gasteiger partial charge in [-0.1, -0.05) is 12.1 Å². The Balaban J connectivity index is 1.54. The molecular formula is C18H28N4O3. The lowest BCUT2D eigenvalue weighted by atomic mass is 9.89. The standard InChI is InChI=1S/C18H28N4O3/c1-2-12-11-22(17(23)4-3-8-19)9-7-14(12)20-18(24)15-10-16(25-21-15)13-5-6-13/h10,12-14H,2-9,11,19H2,1H3,(H,20,24)/t12-,14-/m0/s1. The van der Waals surface area contributed by atoms with Crippen molar-refractivity contribution in [2.45, 2.75) is 57.4 Å². The second kappa shape index (κ2) is 7.99. The number of nitrogens with two attached hydrogens (primary N) is 1. The molecule has 0 unspecified atom stereocenters. The molecule has 0 bridgehead atoms. The van der Waals surface area contributed by atoms with Gasteiger partial charge in [-0.3, -0.25) is 9.59 Å². The van der Waals surface area contributed by atoms with Gasteiger partial charge in [0.25, 0.3) is 5.91 Å². The Hall–Kier alpha value is -1.89. The number of rotatable bonds is 7. The van der Waals surface area contributed by atoms with Crippen LogP contribution in [0.2, 0.25) is 0 Å². The molecule has 0 aromatic carbocycles. The van der Waals surface area contributed by atoms with E-state index in [0.717, 1.165) is 37.9 Å². The summed E-state index contributed by atoms with van der Waals surface area (Å²) in [4.78, 5) is 26.6. The quantitative estimate of drug-likeness (QED) is 0.780. The Kier molecular flexibility index (Phi) is 5.73. The molecule has 1 aliphatic heterocycles. The van der Waals surface area contributed by atoms with Gasteiger partial charge < -0.3 is 20.5 Å². The minimum absolute atomic E-state index is 0.0668. The van der Waals surface area contributed by atoms with Gasteiger partial charge in [0, 0.05) is 37.5 Å². The van der Waals surface area contributed by atoms with Crippen LogP contribution in [0.5, 0.6) is 0 Å². The molecule has 2 aliphatic rings. The first-order valence-electron chi connectivity index (χ1n) is 9.37. The monoisotopic (exact) mass is 348 g/mol. The number of amides is 2. The van der Waals surface area contributed by atoms with Crippen LogP contribution in [-0.2, 0) is 4.79 Å². The molecule has 25 heavy (non-hydrogen) atoms. The van der Waals surface area contributed by atoms with E-state index in [-0.39, 0.29) is 23.8 Å². The number of carbonyl (C=O) groups is 2. The highest BCUT2D eigenvalue weighted by atomic mass is 16.5. The van der Waals surface area contributed by atoms with E-state index >= 15 is 0 Å². The van der Waals surface area contributed by atoms with Crippen LogP contribution in [0.25, 0.3) is 0 Å². The lowest BCUT2D eigenvalue weighted by molar-refractivity contribution is -0.133. The average molecular weight is 348 g/mol. The molecule has 3 rings (SSSR count). The fraction of sp³-hybridized carbons (Fsp3) is 0.722. The summed E-state index contributed by atoms with van der Waals surface area (Å²) >= 11 is 0. The van der Waals surface area contributed by atoms with Gasteiger partial charge in [-0.05, 0) is 44.6 Å². The molecule has 2 atom stereocenters. The number of nitrogens with one attached hydrogen (secondary N) is 1. The van der Waals surface area contributed by atoms with Gasteiger partial charge in [0.2, 0.25) is 5.91 Å². The Bertz CT molecular complexity index is 611. The Labute approximate surface area is 148 Å². The SMILES string of the molecule is CC[C@H]1CN(C(=O)CCCN)CC[C@@H]1NC(=O)c1cc(C2CC2)on1. The molecule has 0 spiro atoms. The van der Waals surface area contributed by atoms with Crippen molar-refractivity contribution in [1.82, 2.24) is 15.4 Å². The Morgan fingerprint density at radius 2 is 2.20 bits per heavy atom. The van der Waals surface area contributed by atoms with Crippen LogP contribution >= 0.6 is 0 Å². The van der Waals surface area contributed by atoms with E-state index in [1.807, 2.05) is 4.90 Å². The first-order valence-corrected chi connectivity index (χ1v) is 9.37. The van der Waals surface area contributed by atoms with E-state index in [1.54, 1.807) is 6.07 Å². The van der Waals surface area contributed by atoms with E-state index in [9.17, 15) is 9.59 Å². The van der Waals surface area contributed by atoms with Gasteiger partial charge in [-0.15, -0.1) is 0 Å². The molecule has 0 radical (unpaired) electrons. The number of aromatic nitrogens is 1. The van der Waals surface area contributed by atoms with Crippen LogP contribution in [0.4, 0.5) is 0 Å². The molecule has 2 heterocycles. The molecule has 1 aromatic rings. The molecule has 7 heteroatoms. The largest absolute Gasteiger partial charge is 0.360 e. The smallest absolute Gasteiger partial charge is 0.273 e. The van der Waals surface area contributed by atoms with E-state index in [4.69, 9.17) is 10.3 Å². The maximum Gasteiger partial charge on any atom is 0.273 e. The second-order valence-electron chi connectivity index (χ2n) is 7.16. The van der Waals surface area contributed by atoms with Gasteiger partial charge in [-0.2, -0.15) is 0 Å². The minimum Gasteiger partial charge on any atom is -0.360 e. The van der Waals surface area contributed by atoms with E-state index < -0.39 is 0 Å². The van der Waals surface area contributed by atoms with Gasteiger partial charge in [-0.25, -0.2) is 0 Å². The highest BCUT2D eigenvalue weighted by Gasteiger charge is 2.33.